The number of aliphatic hydroxyl groups excluding tert-OH is 1. The van der Waals surface area contributed by atoms with Crippen LogP contribution in [-0.4, -0.2) is 23.7 Å². The van der Waals surface area contributed by atoms with Crippen molar-refractivity contribution >= 4 is 5.97 Å². The monoisotopic (exact) mass is 181 g/mol. The number of hydrogen-bond donors (Lipinski definition) is 2. The molecular weight excluding hydrogens is 174 g/mol. The topological polar surface area (TPSA) is 86.4 Å². The van der Waals surface area contributed by atoms with Gasteiger partial charge in [0.1, 0.15) is 0 Å². The van der Waals surface area contributed by atoms with Gasteiger partial charge in [0.15, 0.2) is 0 Å². The summed E-state index contributed by atoms with van der Waals surface area (Å²) in [6.07, 6.45) is -1.34. The maximum atomic E-state index is 9.64. The molecule has 58 valence electrons. The number of carbonyl (C=O) groups is 1. The first-order valence-electron chi connectivity index (χ1n) is 2.24. The van der Waals surface area contributed by atoms with Gasteiger partial charge in [-0.1, -0.05) is 0 Å². The van der Waals surface area contributed by atoms with Gasteiger partial charge >= 0.3 is 17.1 Å². The van der Waals surface area contributed by atoms with Crippen LogP contribution in [0.1, 0.15) is 6.42 Å². The molecule has 0 spiro atoms. The van der Waals surface area contributed by atoms with Crippen LogP contribution >= 0.6 is 0 Å². The molecule has 1 unspecified atom stereocenters. The van der Waals surface area contributed by atoms with E-state index in [1.807, 2.05) is 0 Å². The predicted octanol–water partition coefficient (Wildman–Crippen LogP) is -2.56. The van der Waals surface area contributed by atoms with Crippen LogP contribution in [0, 0.1) is 0 Å². The Morgan fingerprint density at radius 3 is 2.33 bits per heavy atom. The molecule has 0 saturated heterocycles. The van der Waals surface area contributed by atoms with Crippen molar-refractivity contribution in [3.8, 4) is 0 Å². The van der Waals surface area contributed by atoms with Gasteiger partial charge in [-0.2, -0.15) is 0 Å². The average molecular weight is 182 g/mol. The number of carboxylic acid groups (broad SMARTS) is 1. The summed E-state index contributed by atoms with van der Waals surface area (Å²) in [5, 5.41) is 18.1. The minimum absolute atomic E-state index is 0. The molecule has 0 aliphatic heterocycles. The van der Waals surface area contributed by atoms with Crippen LogP contribution in [0.15, 0.2) is 0 Å². The van der Waals surface area contributed by atoms with E-state index in [1.165, 1.54) is 0 Å². The zero-order valence-electron chi connectivity index (χ0n) is 4.63. The van der Waals surface area contributed by atoms with E-state index in [1.54, 1.807) is 0 Å². The SMILES string of the molecule is NCC(O)CC(=O)[O-].[Cu+]. The molecule has 4 nitrogen and oxygen atoms in total. The van der Waals surface area contributed by atoms with Crippen molar-refractivity contribution < 1.29 is 32.1 Å². The Morgan fingerprint density at radius 2 is 2.22 bits per heavy atom. The van der Waals surface area contributed by atoms with Crippen LogP contribution in [0.25, 0.3) is 0 Å². The third-order valence-corrected chi connectivity index (χ3v) is 0.674. The van der Waals surface area contributed by atoms with E-state index in [4.69, 9.17) is 10.8 Å². The second-order valence-electron chi connectivity index (χ2n) is 1.47. The molecule has 0 aromatic rings. The maximum absolute atomic E-state index is 9.64. The second kappa shape index (κ2) is 6.04. The van der Waals surface area contributed by atoms with E-state index < -0.39 is 12.1 Å². The Kier molecular flexibility index (Phi) is 7.83. The fourth-order valence-corrected chi connectivity index (χ4v) is 0.276. The van der Waals surface area contributed by atoms with Gasteiger partial charge in [-0.25, -0.2) is 0 Å². The second-order valence-corrected chi connectivity index (χ2v) is 1.47. The summed E-state index contributed by atoms with van der Waals surface area (Å²) in [5.74, 6) is -1.28. The van der Waals surface area contributed by atoms with Crippen LogP contribution in [-0.2, 0) is 21.9 Å². The summed E-state index contributed by atoms with van der Waals surface area (Å²) in [6, 6.07) is 0. The summed E-state index contributed by atoms with van der Waals surface area (Å²) in [5.41, 5.74) is 4.88. The Labute approximate surface area is 63.5 Å². The van der Waals surface area contributed by atoms with Gasteiger partial charge in [0, 0.05) is 18.9 Å². The van der Waals surface area contributed by atoms with Crippen molar-refractivity contribution in [1.29, 1.82) is 0 Å². The summed E-state index contributed by atoms with van der Waals surface area (Å²) in [6.45, 7) is -0.0337. The average Bonchev–Trinajstić information content (AvgIpc) is 1.65. The zero-order valence-corrected chi connectivity index (χ0v) is 5.58. The number of rotatable bonds is 3. The third kappa shape index (κ3) is 7.91. The fraction of sp³-hybridized carbons (Fsp3) is 0.750. The molecule has 3 N–H and O–H groups in total. The molecule has 0 amide bonds. The van der Waals surface area contributed by atoms with Crippen molar-refractivity contribution in [3.63, 3.8) is 0 Å². The number of hydrogen-bond acceptors (Lipinski definition) is 4. The largest absolute Gasteiger partial charge is 1.00 e. The molecule has 0 fully saturated rings. The number of carboxylic acids is 1. The van der Waals surface area contributed by atoms with E-state index in [2.05, 4.69) is 0 Å². The number of carbonyl (C=O) groups excluding carboxylic acids is 1. The molecular formula is C4H8CuNO3. The van der Waals surface area contributed by atoms with Gasteiger partial charge in [-0.15, -0.1) is 0 Å². The summed E-state index contributed by atoms with van der Waals surface area (Å²) >= 11 is 0. The number of nitrogens with two attached hydrogens (primary N) is 1. The van der Waals surface area contributed by atoms with Crippen molar-refractivity contribution in [1.82, 2.24) is 0 Å². The molecule has 0 bridgehead atoms. The molecule has 0 aliphatic carbocycles. The van der Waals surface area contributed by atoms with Crippen LogP contribution < -0.4 is 10.8 Å². The molecule has 0 aliphatic rings. The summed E-state index contributed by atoms with van der Waals surface area (Å²) in [4.78, 5) is 9.64. The Balaban J connectivity index is 0. The van der Waals surface area contributed by atoms with Gasteiger partial charge in [0.2, 0.25) is 0 Å². The number of aliphatic carboxylic acids is 1. The molecule has 0 heterocycles. The fourth-order valence-electron chi connectivity index (χ4n) is 0.276. The molecule has 0 radical (unpaired) electrons. The minimum Gasteiger partial charge on any atom is -0.550 e. The van der Waals surface area contributed by atoms with Gasteiger partial charge in [0.05, 0.1) is 6.10 Å². The maximum Gasteiger partial charge on any atom is 1.00 e. The van der Waals surface area contributed by atoms with Crippen LogP contribution in [0.3, 0.4) is 0 Å². The van der Waals surface area contributed by atoms with Crippen molar-refractivity contribution in [3.05, 3.63) is 0 Å². The van der Waals surface area contributed by atoms with Crippen LogP contribution in [0.2, 0.25) is 0 Å². The van der Waals surface area contributed by atoms with Gasteiger partial charge in [-0.3, -0.25) is 0 Å². The smallest absolute Gasteiger partial charge is 0.550 e. The van der Waals surface area contributed by atoms with Crippen molar-refractivity contribution in [2.75, 3.05) is 6.54 Å². The van der Waals surface area contributed by atoms with Gasteiger partial charge in [-0.05, 0) is 0 Å². The Hall–Kier alpha value is -0.0905. The molecule has 0 aromatic heterocycles. The normalized spacial score (nSPS) is 11.8. The van der Waals surface area contributed by atoms with E-state index >= 15 is 0 Å². The van der Waals surface area contributed by atoms with Crippen LogP contribution in [0.5, 0.6) is 0 Å². The molecule has 5 heteroatoms. The molecule has 9 heavy (non-hydrogen) atoms. The van der Waals surface area contributed by atoms with Gasteiger partial charge < -0.3 is 20.7 Å². The zero-order chi connectivity index (χ0) is 6.57. The van der Waals surface area contributed by atoms with Crippen molar-refractivity contribution in [2.45, 2.75) is 12.5 Å². The molecule has 0 saturated carbocycles. The summed E-state index contributed by atoms with van der Waals surface area (Å²) in [7, 11) is 0. The van der Waals surface area contributed by atoms with E-state index in [0.29, 0.717) is 0 Å². The van der Waals surface area contributed by atoms with E-state index in [0.717, 1.165) is 0 Å². The molecule has 0 rings (SSSR count). The first kappa shape index (κ1) is 11.7. The first-order valence-corrected chi connectivity index (χ1v) is 2.24. The van der Waals surface area contributed by atoms with E-state index in [9.17, 15) is 9.90 Å². The standard InChI is InChI=1S/C4H9NO3.Cu/c5-2-3(6)1-4(7)8;/h3,6H,1-2,5H2,(H,7,8);/q;+1/p-1. The Morgan fingerprint density at radius 1 is 1.78 bits per heavy atom. The molecule has 0 aromatic carbocycles. The first-order chi connectivity index (χ1) is 3.66. The quantitative estimate of drug-likeness (QED) is 0.470. The molecule has 1 atom stereocenters. The van der Waals surface area contributed by atoms with Crippen molar-refractivity contribution in [2.24, 2.45) is 5.73 Å². The predicted molar refractivity (Wildman–Crippen MR) is 24.7 cm³/mol. The van der Waals surface area contributed by atoms with Gasteiger partial charge in [0.25, 0.3) is 0 Å². The number of aliphatic hydroxyl groups is 1. The third-order valence-electron chi connectivity index (χ3n) is 0.674. The van der Waals surface area contributed by atoms with E-state index in [-0.39, 0.29) is 30.0 Å². The Bertz CT molecular complexity index is 87.9. The summed E-state index contributed by atoms with van der Waals surface area (Å²) < 4.78 is 0. The minimum atomic E-state index is -1.28. The van der Waals surface area contributed by atoms with Crippen LogP contribution in [0.4, 0.5) is 0 Å².